The van der Waals surface area contributed by atoms with Crippen molar-refractivity contribution >= 4 is 34.2 Å². The smallest absolute Gasteiger partial charge is 0.280 e. The second-order valence-corrected chi connectivity index (χ2v) is 11.1. The Hall–Kier alpha value is -5.32. The van der Waals surface area contributed by atoms with E-state index in [-0.39, 0.29) is 28.9 Å². The zero-order valence-corrected chi connectivity index (χ0v) is 25.6. The minimum atomic E-state index is -1.44. The second kappa shape index (κ2) is 13.1. The summed E-state index contributed by atoms with van der Waals surface area (Å²) in [4.78, 5) is 40.0. The number of nitrogens with zero attached hydrogens (tertiary/aromatic N) is 13. The first-order valence-corrected chi connectivity index (χ1v) is 14.2. The number of anilines is 2. The summed E-state index contributed by atoms with van der Waals surface area (Å²) < 4.78 is 19.5. The van der Waals surface area contributed by atoms with Gasteiger partial charge >= 0.3 is 0 Å². The summed E-state index contributed by atoms with van der Waals surface area (Å²) >= 11 is 0. The van der Waals surface area contributed by atoms with Gasteiger partial charge in [-0.2, -0.15) is 15.0 Å². The minimum Gasteiger partial charge on any atom is -0.476 e. The number of hydrogen-bond donors (Lipinski definition) is 7. The lowest BCUT2D eigenvalue weighted by atomic mass is 9.93. The van der Waals surface area contributed by atoms with E-state index in [1.807, 2.05) is 0 Å². The molecule has 2 saturated heterocycles. The molecular weight excluding hydrogens is 640 g/mol. The maximum atomic E-state index is 11.8. The molecular formula is C24H32N16O8. The molecule has 2 fully saturated rings. The van der Waals surface area contributed by atoms with Crippen LogP contribution in [0.2, 0.25) is 0 Å². The summed E-state index contributed by atoms with van der Waals surface area (Å²) in [5, 5.41) is 46.8. The quantitative estimate of drug-likeness (QED) is 0.0680. The van der Waals surface area contributed by atoms with E-state index in [9.17, 15) is 25.2 Å². The molecule has 6 rings (SSSR count). The van der Waals surface area contributed by atoms with Crippen molar-refractivity contribution in [3.63, 3.8) is 0 Å². The zero-order chi connectivity index (χ0) is 35.0. The summed E-state index contributed by atoms with van der Waals surface area (Å²) in [6.07, 6.45) is -3.67. The topological polar surface area (TPSA) is 365 Å². The lowest BCUT2D eigenvalue weighted by Gasteiger charge is -2.27. The first-order valence-electron chi connectivity index (χ1n) is 14.2. The molecule has 9 N–H and O–H groups in total. The molecule has 0 spiro atoms. The van der Waals surface area contributed by atoms with Gasteiger partial charge in [0.15, 0.2) is 34.8 Å². The van der Waals surface area contributed by atoms with Gasteiger partial charge in [0.1, 0.15) is 23.3 Å². The lowest BCUT2D eigenvalue weighted by Crippen LogP contribution is -2.42. The fourth-order valence-corrected chi connectivity index (χ4v) is 5.62. The molecule has 2 aliphatic rings. The van der Waals surface area contributed by atoms with E-state index in [0.717, 1.165) is 0 Å². The third kappa shape index (κ3) is 5.52. The molecule has 0 aliphatic carbocycles. The standard InChI is InChI=1S/C13H18N8O4.C11H14N8O4/c1-3-24-10-7-9(17-12(14)18-10)21(5-16-7)11-13(2,19-20-15)8(23)6(4-22)25-11;1-11(17-18-13)6(21)4(2-20)23-9(11)19-3-14-5-7(19)15-10(12)16-8(5)22/h5-6,8,11,22-23H,3-4H2,1-2H3,(H2,14,17,18);3-4,6,9,20-21H,2H2,1H3,(H3,12,15,16,22)/t6-,8-,11-,13-;4-,6-,9-,11-/m11/s1. The van der Waals surface area contributed by atoms with E-state index in [0.29, 0.717) is 17.8 Å². The number of rotatable bonds is 8. The van der Waals surface area contributed by atoms with Crippen LogP contribution in [0.1, 0.15) is 33.2 Å². The van der Waals surface area contributed by atoms with Gasteiger partial charge in [0.2, 0.25) is 17.8 Å². The van der Waals surface area contributed by atoms with Gasteiger partial charge in [-0.05, 0) is 31.8 Å². The highest BCUT2D eigenvalue weighted by atomic mass is 16.6. The third-order valence-electron chi connectivity index (χ3n) is 8.03. The number of aromatic amines is 1. The van der Waals surface area contributed by atoms with E-state index in [2.05, 4.69) is 50.0 Å². The maximum Gasteiger partial charge on any atom is 0.280 e. The molecule has 6 heterocycles. The summed E-state index contributed by atoms with van der Waals surface area (Å²) in [7, 11) is 0. The molecule has 0 bridgehead atoms. The number of aliphatic hydroxyl groups excluding tert-OH is 4. The highest BCUT2D eigenvalue weighted by Crippen LogP contribution is 2.43. The van der Waals surface area contributed by atoms with Crippen LogP contribution in [-0.4, -0.2) is 115 Å². The SMILES string of the molecule is CCOc1nc(N)nc2c1ncn2[C@@H]1O[C@H](CO)[C@@H](O)[C@@]1(C)N=[N+]=[N-].C[C@@]1(N=[N+]=[N-])[C@H](O)[C@@H](CO)O[C@H]1n1cnc2c(=O)[nH]c(N)nc21. The average Bonchev–Trinajstić information content (AvgIpc) is 3.77. The summed E-state index contributed by atoms with van der Waals surface area (Å²) in [5.74, 6) is 0.0684. The number of ether oxygens (including phenoxy) is 3. The number of nitrogens with one attached hydrogen (secondary N) is 1. The van der Waals surface area contributed by atoms with Crippen LogP contribution >= 0.6 is 0 Å². The number of aliphatic hydroxyl groups is 4. The predicted octanol–water partition coefficient (Wildman–Crippen LogP) is -0.852. The normalized spacial score (nSPS) is 29.6. The molecule has 8 atom stereocenters. The number of azide groups is 2. The van der Waals surface area contributed by atoms with Gasteiger partial charge < -0.3 is 46.1 Å². The fourth-order valence-electron chi connectivity index (χ4n) is 5.62. The van der Waals surface area contributed by atoms with E-state index in [1.165, 1.54) is 35.6 Å². The van der Waals surface area contributed by atoms with Crippen molar-refractivity contribution < 1.29 is 34.6 Å². The monoisotopic (exact) mass is 672 g/mol. The Morgan fingerprint density at radius 1 is 0.938 bits per heavy atom. The Morgan fingerprint density at radius 3 is 1.92 bits per heavy atom. The molecule has 4 aromatic heterocycles. The Labute approximate surface area is 268 Å². The van der Waals surface area contributed by atoms with Crippen LogP contribution < -0.4 is 21.8 Å². The second-order valence-electron chi connectivity index (χ2n) is 11.1. The van der Waals surface area contributed by atoms with Crippen molar-refractivity contribution in [3.05, 3.63) is 43.9 Å². The molecule has 0 unspecified atom stereocenters. The number of nitrogens with two attached hydrogens (primary N) is 2. The van der Waals surface area contributed by atoms with Crippen molar-refractivity contribution in [1.82, 2.24) is 39.0 Å². The Balaban J connectivity index is 0.000000188. The first-order chi connectivity index (χ1) is 22.9. The highest BCUT2D eigenvalue weighted by Gasteiger charge is 2.55. The lowest BCUT2D eigenvalue weighted by molar-refractivity contribution is -0.0455. The van der Waals surface area contributed by atoms with Gasteiger partial charge in [-0.3, -0.25) is 18.9 Å². The van der Waals surface area contributed by atoms with Crippen LogP contribution in [0.4, 0.5) is 11.9 Å². The van der Waals surface area contributed by atoms with Crippen molar-refractivity contribution in [2.75, 3.05) is 31.3 Å². The van der Waals surface area contributed by atoms with Crippen LogP contribution in [0.5, 0.6) is 5.88 Å². The van der Waals surface area contributed by atoms with Crippen LogP contribution in [-0.2, 0) is 9.47 Å². The Bertz CT molecular complexity index is 1970. The molecule has 24 heteroatoms. The molecule has 0 radical (unpaired) electrons. The van der Waals surface area contributed by atoms with Crippen LogP contribution in [0.25, 0.3) is 43.2 Å². The van der Waals surface area contributed by atoms with Crippen molar-refractivity contribution in [2.45, 2.75) is 68.7 Å². The molecule has 0 aromatic carbocycles. The number of nitrogen functional groups attached to an aromatic ring is 2. The van der Waals surface area contributed by atoms with Gasteiger partial charge in [-0.25, -0.2) is 9.97 Å². The van der Waals surface area contributed by atoms with Crippen molar-refractivity contribution in [2.24, 2.45) is 10.2 Å². The molecule has 2 aliphatic heterocycles. The number of H-pyrrole nitrogens is 1. The number of fused-ring (bicyclic) bond motifs is 2. The van der Waals surface area contributed by atoms with Crippen LogP contribution in [0.3, 0.4) is 0 Å². The highest BCUT2D eigenvalue weighted by molar-refractivity contribution is 5.77. The maximum absolute atomic E-state index is 11.8. The van der Waals surface area contributed by atoms with E-state index in [4.69, 9.17) is 36.7 Å². The molecule has 48 heavy (non-hydrogen) atoms. The summed E-state index contributed by atoms with van der Waals surface area (Å²) in [6.45, 7) is 4.24. The molecule has 24 nitrogen and oxygen atoms in total. The minimum absolute atomic E-state index is 0.0213. The molecule has 4 aromatic rings. The summed E-state index contributed by atoms with van der Waals surface area (Å²) in [5.41, 5.74) is 26.4. The van der Waals surface area contributed by atoms with E-state index >= 15 is 0 Å². The zero-order valence-electron chi connectivity index (χ0n) is 25.6. The van der Waals surface area contributed by atoms with Gasteiger partial charge in [-0.1, -0.05) is 10.2 Å². The fraction of sp³-hybridized carbons (Fsp3) is 0.583. The Kier molecular flexibility index (Phi) is 9.26. The Morgan fingerprint density at radius 2 is 1.44 bits per heavy atom. The van der Waals surface area contributed by atoms with Gasteiger partial charge in [0.05, 0.1) is 44.7 Å². The first kappa shape index (κ1) is 34.0. The van der Waals surface area contributed by atoms with Crippen LogP contribution in [0.15, 0.2) is 27.7 Å². The number of hydrogen-bond acceptors (Lipinski definition) is 17. The van der Waals surface area contributed by atoms with Gasteiger partial charge in [0.25, 0.3) is 5.56 Å². The van der Waals surface area contributed by atoms with Crippen LogP contribution in [0, 0.1) is 0 Å². The average molecular weight is 673 g/mol. The molecule has 0 amide bonds. The van der Waals surface area contributed by atoms with Gasteiger partial charge in [0, 0.05) is 9.82 Å². The number of imidazole rings is 2. The summed E-state index contributed by atoms with van der Waals surface area (Å²) in [6, 6.07) is 0. The largest absolute Gasteiger partial charge is 0.476 e. The van der Waals surface area contributed by atoms with Crippen molar-refractivity contribution in [3.8, 4) is 5.88 Å². The number of aromatic nitrogens is 8. The van der Waals surface area contributed by atoms with Gasteiger partial charge in [-0.15, -0.1) is 0 Å². The van der Waals surface area contributed by atoms with E-state index in [1.54, 1.807) is 6.92 Å². The predicted molar refractivity (Wildman–Crippen MR) is 163 cm³/mol. The molecule has 256 valence electrons. The van der Waals surface area contributed by atoms with Crippen molar-refractivity contribution in [1.29, 1.82) is 0 Å². The third-order valence-corrected chi connectivity index (χ3v) is 8.03. The van der Waals surface area contributed by atoms with E-state index < -0.39 is 66.7 Å². The molecule has 0 saturated carbocycles.